The molecule has 15 heavy (non-hydrogen) atoms. The molecule has 0 saturated heterocycles. The van der Waals surface area contributed by atoms with E-state index < -0.39 is 8.07 Å². The van der Waals surface area contributed by atoms with Gasteiger partial charge in [0, 0.05) is 0 Å². The van der Waals surface area contributed by atoms with E-state index in [0.717, 1.165) is 18.0 Å². The van der Waals surface area contributed by atoms with Gasteiger partial charge in [0.2, 0.25) is 0 Å². The van der Waals surface area contributed by atoms with Crippen molar-refractivity contribution in [2.45, 2.75) is 64.8 Å². The maximum atomic E-state index is 10.0. The Kier molecular flexibility index (Phi) is 6.91. The SMILES string of the molecule is C=C=C(C(O)CCCCCC)[Si](C)(C)C. The molecule has 0 bridgehead atoms. The summed E-state index contributed by atoms with van der Waals surface area (Å²) in [6.07, 6.45) is 5.43. The lowest BCUT2D eigenvalue weighted by Crippen LogP contribution is -2.31. The van der Waals surface area contributed by atoms with Gasteiger partial charge in [-0.3, -0.25) is 0 Å². The second-order valence-corrected chi connectivity index (χ2v) is 10.2. The fourth-order valence-corrected chi connectivity index (χ4v) is 3.47. The summed E-state index contributed by atoms with van der Waals surface area (Å²) < 4.78 is 0. The van der Waals surface area contributed by atoms with Crippen molar-refractivity contribution in [3.8, 4) is 0 Å². The van der Waals surface area contributed by atoms with Crippen LogP contribution in [0.1, 0.15) is 39.0 Å². The van der Waals surface area contributed by atoms with Gasteiger partial charge in [-0.1, -0.05) is 58.8 Å². The third-order valence-corrected chi connectivity index (χ3v) is 4.79. The lowest BCUT2D eigenvalue weighted by atomic mass is 10.1. The fraction of sp³-hybridized carbons (Fsp3) is 0.769. The zero-order valence-electron chi connectivity index (χ0n) is 10.8. The number of hydrogen-bond donors (Lipinski definition) is 1. The highest BCUT2D eigenvalue weighted by Crippen LogP contribution is 2.20. The molecule has 0 rings (SSSR count). The zero-order valence-corrected chi connectivity index (χ0v) is 11.8. The van der Waals surface area contributed by atoms with E-state index in [4.69, 9.17) is 0 Å². The monoisotopic (exact) mass is 226 g/mol. The molecule has 0 aliphatic carbocycles. The lowest BCUT2D eigenvalue weighted by Gasteiger charge is -2.23. The Hall–Kier alpha value is -0.303. The highest BCUT2D eigenvalue weighted by Gasteiger charge is 2.24. The summed E-state index contributed by atoms with van der Waals surface area (Å²) in [5, 5.41) is 11.1. The predicted molar refractivity (Wildman–Crippen MR) is 70.8 cm³/mol. The van der Waals surface area contributed by atoms with Crippen molar-refractivity contribution in [1.29, 1.82) is 0 Å². The van der Waals surface area contributed by atoms with Crippen LogP contribution in [0, 0.1) is 0 Å². The van der Waals surface area contributed by atoms with Crippen molar-refractivity contribution in [2.24, 2.45) is 0 Å². The average Bonchev–Trinajstić information content (AvgIpc) is 2.11. The molecule has 0 amide bonds. The molecule has 1 atom stereocenters. The van der Waals surface area contributed by atoms with Gasteiger partial charge >= 0.3 is 0 Å². The van der Waals surface area contributed by atoms with Gasteiger partial charge in [0.05, 0.1) is 14.2 Å². The summed E-state index contributed by atoms with van der Waals surface area (Å²) in [5.74, 6) is 0. The van der Waals surface area contributed by atoms with E-state index in [1.54, 1.807) is 0 Å². The van der Waals surface area contributed by atoms with E-state index in [1.165, 1.54) is 19.3 Å². The van der Waals surface area contributed by atoms with Crippen molar-refractivity contribution in [2.75, 3.05) is 0 Å². The molecule has 1 N–H and O–H groups in total. The number of aliphatic hydroxyl groups excluding tert-OH is 1. The maximum absolute atomic E-state index is 10.0. The van der Waals surface area contributed by atoms with Crippen molar-refractivity contribution >= 4 is 8.07 Å². The fourth-order valence-electron chi connectivity index (χ4n) is 1.79. The van der Waals surface area contributed by atoms with Crippen LogP contribution in [0.5, 0.6) is 0 Å². The zero-order chi connectivity index (χ0) is 11.9. The molecule has 1 unspecified atom stereocenters. The number of aliphatic hydroxyl groups is 1. The van der Waals surface area contributed by atoms with Gasteiger partial charge < -0.3 is 5.11 Å². The predicted octanol–water partition coefficient (Wildman–Crippen LogP) is 3.91. The second-order valence-electron chi connectivity index (χ2n) is 5.21. The summed E-state index contributed by atoms with van der Waals surface area (Å²) in [5.41, 5.74) is 2.96. The van der Waals surface area contributed by atoms with E-state index in [9.17, 15) is 5.11 Å². The summed E-state index contributed by atoms with van der Waals surface area (Å²) in [4.78, 5) is 0. The van der Waals surface area contributed by atoms with Crippen molar-refractivity contribution in [3.05, 3.63) is 17.5 Å². The Morgan fingerprint density at radius 1 is 1.27 bits per heavy atom. The summed E-state index contributed by atoms with van der Waals surface area (Å²) in [7, 11) is -1.43. The Morgan fingerprint density at radius 2 is 1.87 bits per heavy atom. The Morgan fingerprint density at radius 3 is 2.27 bits per heavy atom. The molecule has 0 aromatic heterocycles. The third-order valence-electron chi connectivity index (χ3n) is 2.66. The van der Waals surface area contributed by atoms with Crippen LogP contribution in [0.2, 0.25) is 19.6 Å². The second kappa shape index (κ2) is 7.05. The molecular weight excluding hydrogens is 200 g/mol. The first-order chi connectivity index (χ1) is 6.93. The first-order valence-corrected chi connectivity index (χ1v) is 9.52. The largest absolute Gasteiger partial charge is 0.389 e. The first kappa shape index (κ1) is 14.7. The highest BCUT2D eigenvalue weighted by molar-refractivity contribution is 6.83. The van der Waals surface area contributed by atoms with Gasteiger partial charge in [0.1, 0.15) is 0 Å². The van der Waals surface area contributed by atoms with Crippen LogP contribution in [0.4, 0.5) is 0 Å². The molecule has 88 valence electrons. The van der Waals surface area contributed by atoms with Crippen LogP contribution in [-0.4, -0.2) is 19.3 Å². The number of rotatable bonds is 7. The van der Waals surface area contributed by atoms with Gasteiger partial charge in [-0.25, -0.2) is 0 Å². The first-order valence-electron chi connectivity index (χ1n) is 6.02. The van der Waals surface area contributed by atoms with Gasteiger partial charge in [-0.15, -0.1) is 5.73 Å². The molecule has 2 heteroatoms. The molecule has 0 aliphatic heterocycles. The van der Waals surface area contributed by atoms with Crippen LogP contribution in [0.3, 0.4) is 0 Å². The molecule has 0 fully saturated rings. The van der Waals surface area contributed by atoms with Crippen LogP contribution in [0.25, 0.3) is 0 Å². The molecule has 0 radical (unpaired) electrons. The standard InChI is InChI=1S/C13H26OSi/c1-6-8-9-10-11-12(14)13(7-2)15(3,4)5/h12,14H,2,6,8-11H2,1,3-5H3. The average molecular weight is 226 g/mol. The van der Waals surface area contributed by atoms with Crippen molar-refractivity contribution in [3.63, 3.8) is 0 Å². The highest BCUT2D eigenvalue weighted by atomic mass is 28.3. The molecule has 0 aromatic rings. The van der Waals surface area contributed by atoms with Gasteiger partial charge in [-0.2, -0.15) is 0 Å². The Labute approximate surface area is 95.9 Å². The van der Waals surface area contributed by atoms with E-state index >= 15 is 0 Å². The molecule has 0 saturated carbocycles. The normalized spacial score (nSPS) is 13.4. The number of unbranched alkanes of at least 4 members (excludes halogenated alkanes) is 3. The maximum Gasteiger partial charge on any atom is 0.0857 e. The Bertz CT molecular complexity index is 221. The third kappa shape index (κ3) is 5.98. The molecular formula is C13H26OSi. The summed E-state index contributed by atoms with van der Waals surface area (Å²) in [6, 6.07) is 0. The minimum absolute atomic E-state index is 0.300. The van der Waals surface area contributed by atoms with Gasteiger partial charge in [0.15, 0.2) is 0 Å². The molecule has 1 nitrogen and oxygen atoms in total. The van der Waals surface area contributed by atoms with E-state index in [0.29, 0.717) is 0 Å². The molecule has 0 aromatic carbocycles. The number of hydrogen-bond acceptors (Lipinski definition) is 1. The summed E-state index contributed by atoms with van der Waals surface area (Å²) >= 11 is 0. The molecule has 0 heterocycles. The van der Waals surface area contributed by atoms with Crippen LogP contribution < -0.4 is 0 Å². The van der Waals surface area contributed by atoms with E-state index in [1.807, 2.05) is 0 Å². The van der Waals surface area contributed by atoms with Gasteiger partial charge in [0.25, 0.3) is 0 Å². The van der Waals surface area contributed by atoms with Gasteiger partial charge in [-0.05, 0) is 11.6 Å². The van der Waals surface area contributed by atoms with Crippen LogP contribution in [-0.2, 0) is 0 Å². The lowest BCUT2D eigenvalue weighted by molar-refractivity contribution is 0.202. The molecule has 0 aliphatic rings. The smallest absolute Gasteiger partial charge is 0.0857 e. The topological polar surface area (TPSA) is 20.2 Å². The quantitative estimate of drug-likeness (QED) is 0.396. The van der Waals surface area contributed by atoms with Crippen LogP contribution >= 0.6 is 0 Å². The Balaban J connectivity index is 4.08. The van der Waals surface area contributed by atoms with E-state index in [-0.39, 0.29) is 6.10 Å². The van der Waals surface area contributed by atoms with Crippen molar-refractivity contribution < 1.29 is 5.11 Å². The van der Waals surface area contributed by atoms with Crippen molar-refractivity contribution in [1.82, 2.24) is 0 Å². The summed E-state index contributed by atoms with van der Waals surface area (Å²) in [6.45, 7) is 12.6. The van der Waals surface area contributed by atoms with E-state index in [2.05, 4.69) is 38.9 Å². The van der Waals surface area contributed by atoms with Crippen LogP contribution in [0.15, 0.2) is 17.5 Å². The minimum Gasteiger partial charge on any atom is -0.389 e. The molecule has 0 spiro atoms. The minimum atomic E-state index is -1.43.